The second-order valence-corrected chi connectivity index (χ2v) is 16.7. The van der Waals surface area contributed by atoms with Crippen molar-refractivity contribution in [3.8, 4) is 55.9 Å². The Hall–Kier alpha value is -7.81. The molecule has 0 atom stereocenters. The van der Waals surface area contributed by atoms with Gasteiger partial charge in [0.2, 0.25) is 0 Å². The third kappa shape index (κ3) is 5.90. The first-order valence-electron chi connectivity index (χ1n) is 21.7. The van der Waals surface area contributed by atoms with E-state index in [-0.39, 0.29) is 0 Å². The average molecular weight is 791 g/mol. The van der Waals surface area contributed by atoms with Crippen molar-refractivity contribution in [3.05, 3.63) is 212 Å². The van der Waals surface area contributed by atoms with Gasteiger partial charge < -0.3 is 4.57 Å². The maximum Gasteiger partial charge on any atom is 0.141 e. The number of imidazole rings is 1. The molecule has 62 heavy (non-hydrogen) atoms. The highest BCUT2D eigenvalue weighted by Gasteiger charge is 2.16. The van der Waals surface area contributed by atoms with E-state index in [0.29, 0.717) is 0 Å². The van der Waals surface area contributed by atoms with Crippen molar-refractivity contribution in [1.29, 1.82) is 0 Å². The van der Waals surface area contributed by atoms with E-state index in [1.54, 1.807) is 0 Å². The molecule has 1 heterocycles. The largest absolute Gasteiger partial charge is 0.324 e. The third-order valence-electron chi connectivity index (χ3n) is 13.1. The second kappa shape index (κ2) is 14.4. The maximum absolute atomic E-state index is 5.08. The fraction of sp³-hybridized carbons (Fsp3) is 0.0500. The van der Waals surface area contributed by atoms with Gasteiger partial charge in [0.15, 0.2) is 0 Å². The molecule has 12 rings (SSSR count). The molecule has 1 aromatic heterocycles. The van der Waals surface area contributed by atoms with Gasteiger partial charge in [0, 0.05) is 12.1 Å². The van der Waals surface area contributed by atoms with Gasteiger partial charge in [-0.15, -0.1) is 0 Å². The summed E-state index contributed by atoms with van der Waals surface area (Å²) in [5.74, 6) is 1.01. The Morgan fingerprint density at radius 3 is 1.55 bits per heavy atom. The van der Waals surface area contributed by atoms with E-state index in [0.717, 1.165) is 29.0 Å². The maximum atomic E-state index is 5.08. The van der Waals surface area contributed by atoms with E-state index < -0.39 is 0 Å². The number of aryl methyl sites for hydroxylation is 2. The summed E-state index contributed by atoms with van der Waals surface area (Å²) < 4.78 is 2.30. The fourth-order valence-corrected chi connectivity index (χ4v) is 9.98. The smallest absolute Gasteiger partial charge is 0.141 e. The van der Waals surface area contributed by atoms with E-state index in [2.05, 4.69) is 225 Å². The van der Waals surface area contributed by atoms with Gasteiger partial charge in [-0.1, -0.05) is 176 Å². The molecular weight excluding hydrogens is 749 g/mol. The van der Waals surface area contributed by atoms with Crippen LogP contribution in [0.2, 0.25) is 0 Å². The van der Waals surface area contributed by atoms with Crippen molar-refractivity contribution in [1.82, 2.24) is 9.55 Å². The van der Waals surface area contributed by atoms with Crippen LogP contribution in [0, 0.1) is 6.92 Å². The normalized spacial score (nSPS) is 11.8. The first-order valence-corrected chi connectivity index (χ1v) is 21.7. The van der Waals surface area contributed by atoms with Crippen LogP contribution in [-0.2, 0) is 6.54 Å². The van der Waals surface area contributed by atoms with E-state index in [1.807, 2.05) is 0 Å². The molecule has 0 spiro atoms. The van der Waals surface area contributed by atoms with Crippen LogP contribution in [0.15, 0.2) is 206 Å². The van der Waals surface area contributed by atoms with Crippen molar-refractivity contribution >= 4 is 64.9 Å². The lowest BCUT2D eigenvalue weighted by molar-refractivity contribution is 0.796. The Kier molecular flexibility index (Phi) is 8.40. The number of fused-ring (bicyclic) bond motifs is 8. The molecule has 2 heteroatoms. The molecule has 0 aliphatic heterocycles. The summed E-state index contributed by atoms with van der Waals surface area (Å²) in [6, 6.07) is 76.0. The predicted octanol–water partition coefficient (Wildman–Crippen LogP) is 16.5. The summed E-state index contributed by atoms with van der Waals surface area (Å²) in [6.07, 6.45) is 0. The van der Waals surface area contributed by atoms with Crippen LogP contribution in [0.5, 0.6) is 0 Å². The number of benzene rings is 11. The summed E-state index contributed by atoms with van der Waals surface area (Å²) in [7, 11) is 0. The fourth-order valence-electron chi connectivity index (χ4n) is 9.98. The zero-order chi connectivity index (χ0) is 41.3. The highest BCUT2D eigenvalue weighted by molar-refractivity contribution is 6.21. The van der Waals surface area contributed by atoms with Crippen LogP contribution >= 0.6 is 0 Å². The van der Waals surface area contributed by atoms with Gasteiger partial charge in [-0.05, 0) is 148 Å². The lowest BCUT2D eigenvalue weighted by Crippen LogP contribution is -1.97. The predicted molar refractivity (Wildman–Crippen MR) is 265 cm³/mol. The third-order valence-corrected chi connectivity index (χ3v) is 13.1. The Morgan fingerprint density at radius 1 is 0.371 bits per heavy atom. The molecule has 2 nitrogen and oxygen atoms in total. The van der Waals surface area contributed by atoms with Crippen molar-refractivity contribution in [2.45, 2.75) is 20.4 Å². The van der Waals surface area contributed by atoms with Gasteiger partial charge in [-0.25, -0.2) is 4.98 Å². The van der Waals surface area contributed by atoms with E-state index in [9.17, 15) is 0 Å². The summed E-state index contributed by atoms with van der Waals surface area (Å²) in [5.41, 5.74) is 14.4. The van der Waals surface area contributed by atoms with Gasteiger partial charge in [-0.3, -0.25) is 0 Å². The minimum absolute atomic E-state index is 0.870. The Labute approximate surface area is 361 Å². The number of aromatic nitrogens is 2. The van der Waals surface area contributed by atoms with Gasteiger partial charge in [0.1, 0.15) is 5.82 Å². The van der Waals surface area contributed by atoms with Crippen LogP contribution in [0.25, 0.3) is 121 Å². The summed E-state index contributed by atoms with van der Waals surface area (Å²) in [5, 5.41) is 12.8. The highest BCUT2D eigenvalue weighted by atomic mass is 15.1. The second-order valence-electron chi connectivity index (χ2n) is 16.7. The van der Waals surface area contributed by atoms with Crippen molar-refractivity contribution < 1.29 is 0 Å². The quantitative estimate of drug-likeness (QED) is 0.153. The molecule has 292 valence electrons. The molecule has 0 saturated heterocycles. The molecule has 0 bridgehead atoms. The zero-order valence-electron chi connectivity index (χ0n) is 34.7. The molecule has 0 amide bonds. The molecule has 0 N–H and O–H groups in total. The van der Waals surface area contributed by atoms with Crippen molar-refractivity contribution in [3.63, 3.8) is 0 Å². The number of nitrogens with zero attached hydrogens (tertiary/aromatic N) is 2. The van der Waals surface area contributed by atoms with Crippen LogP contribution in [-0.4, -0.2) is 9.55 Å². The minimum atomic E-state index is 0.870. The Bertz CT molecular complexity index is 3720. The summed E-state index contributed by atoms with van der Waals surface area (Å²) >= 11 is 0. The molecule has 11 aromatic carbocycles. The van der Waals surface area contributed by atoms with Crippen molar-refractivity contribution in [2.75, 3.05) is 0 Å². The van der Waals surface area contributed by atoms with Gasteiger partial charge in [0.25, 0.3) is 0 Å². The lowest BCUT2D eigenvalue weighted by Gasteiger charge is -2.16. The van der Waals surface area contributed by atoms with Gasteiger partial charge >= 0.3 is 0 Å². The van der Waals surface area contributed by atoms with E-state index >= 15 is 0 Å². The Balaban J connectivity index is 0.858. The molecule has 12 aromatic rings. The number of hydrogen-bond donors (Lipinski definition) is 0. The van der Waals surface area contributed by atoms with E-state index in [4.69, 9.17) is 4.98 Å². The van der Waals surface area contributed by atoms with Crippen LogP contribution in [0.1, 0.15) is 12.5 Å². The summed E-state index contributed by atoms with van der Waals surface area (Å²) in [6.45, 7) is 5.29. The lowest BCUT2D eigenvalue weighted by atomic mass is 9.88. The molecule has 0 fully saturated rings. The van der Waals surface area contributed by atoms with Gasteiger partial charge in [0.05, 0.1) is 11.0 Å². The highest BCUT2D eigenvalue weighted by Crippen LogP contribution is 2.42. The topological polar surface area (TPSA) is 17.8 Å². The first kappa shape index (κ1) is 36.1. The Morgan fingerprint density at radius 2 is 0.871 bits per heavy atom. The number of rotatable bonds is 6. The average Bonchev–Trinajstić information content (AvgIpc) is 3.71. The summed E-state index contributed by atoms with van der Waals surface area (Å²) in [4.78, 5) is 5.08. The monoisotopic (exact) mass is 790 g/mol. The standard InChI is InChI=1S/C60H42N2/c1-3-62-56-33-31-50(37-55(56)61-60(62)44-11-5-4-6-12-44)40-20-18-39(19-21-40)45-25-26-47-35-48(28-27-46(47)34-45)49-30-32-52-51(36-49)29-24-42-14-8-16-53(58(42)52)54-17-9-15-43-23-22-41-13-7-10-38(2)57(41)59(43)54/h4-37H,3H2,1-2H3. The molecule has 0 radical (unpaired) electrons. The van der Waals surface area contributed by atoms with E-state index in [1.165, 1.54) is 104 Å². The SMILES string of the molecule is CCn1c(-c2ccccc2)nc2cc(-c3ccc(-c4ccc5cc(-c6ccc7c(ccc8cccc(-c9cccc%10ccc%11cccc(C)c%11c9%10)c87)c6)ccc5c4)cc3)ccc21. The van der Waals surface area contributed by atoms with Crippen LogP contribution in [0.3, 0.4) is 0 Å². The molecule has 0 saturated carbocycles. The van der Waals surface area contributed by atoms with Crippen LogP contribution in [0.4, 0.5) is 0 Å². The van der Waals surface area contributed by atoms with Gasteiger partial charge in [-0.2, -0.15) is 0 Å². The first-order chi connectivity index (χ1) is 30.6. The molecular formula is C60H42N2. The number of hydrogen-bond acceptors (Lipinski definition) is 1. The molecule has 0 unspecified atom stereocenters. The molecule has 0 aliphatic carbocycles. The minimum Gasteiger partial charge on any atom is -0.324 e. The zero-order valence-corrected chi connectivity index (χ0v) is 34.7. The van der Waals surface area contributed by atoms with Crippen LogP contribution < -0.4 is 0 Å². The molecule has 0 aliphatic rings. The van der Waals surface area contributed by atoms with Crippen molar-refractivity contribution in [2.24, 2.45) is 0 Å².